The first-order valence-corrected chi connectivity index (χ1v) is 6.85. The molecular formula is C14H20ClIN2O. The van der Waals surface area contributed by atoms with Gasteiger partial charge in [-0.2, -0.15) is 0 Å². The zero-order valence-corrected chi connectivity index (χ0v) is 14.1. The number of carbonyl (C=O) groups is 1. The van der Waals surface area contributed by atoms with E-state index in [4.69, 9.17) is 11.6 Å². The number of hydrogen-bond acceptors (Lipinski definition) is 1. The molecule has 1 aromatic carbocycles. The molecule has 1 aliphatic heterocycles. The second-order valence-electron chi connectivity index (χ2n) is 5.31. The summed E-state index contributed by atoms with van der Waals surface area (Å²) < 4.78 is 0.844. The highest BCUT2D eigenvalue weighted by Crippen LogP contribution is 2.21. The monoisotopic (exact) mass is 394 g/mol. The van der Waals surface area contributed by atoms with Crippen LogP contribution in [0.15, 0.2) is 24.3 Å². The molecular weight excluding hydrogens is 375 g/mol. The molecule has 0 saturated carbocycles. The first-order valence-electron chi connectivity index (χ1n) is 6.47. The average molecular weight is 395 g/mol. The van der Waals surface area contributed by atoms with E-state index in [0.717, 1.165) is 17.6 Å². The van der Waals surface area contributed by atoms with E-state index >= 15 is 0 Å². The maximum atomic E-state index is 12.1. The summed E-state index contributed by atoms with van der Waals surface area (Å²) in [5.41, 5.74) is 0.702. The molecule has 3 nitrogen and oxygen atoms in total. The summed E-state index contributed by atoms with van der Waals surface area (Å²) in [6, 6.07) is 7.35. The number of nitrogens with one attached hydrogen (secondary N) is 1. The Morgan fingerprint density at radius 2 is 1.89 bits per heavy atom. The minimum atomic E-state index is 0. The molecule has 2 rings (SSSR count). The Balaban J connectivity index is 0.00000180. The van der Waals surface area contributed by atoms with Crippen molar-refractivity contribution in [2.45, 2.75) is 19.3 Å². The molecule has 0 bridgehead atoms. The van der Waals surface area contributed by atoms with Crippen LogP contribution in [0.25, 0.3) is 0 Å². The van der Waals surface area contributed by atoms with Crippen molar-refractivity contribution >= 4 is 23.2 Å². The third-order valence-electron chi connectivity index (χ3n) is 3.57. The Kier molecular flexibility index (Phi) is 6.56. The summed E-state index contributed by atoms with van der Waals surface area (Å²) in [4.78, 5) is 12.1. The molecule has 0 radical (unpaired) electrons. The van der Waals surface area contributed by atoms with Crippen molar-refractivity contribution in [1.29, 1.82) is 0 Å². The van der Waals surface area contributed by atoms with Gasteiger partial charge in [-0.1, -0.05) is 23.7 Å². The molecule has 1 saturated heterocycles. The molecule has 106 valence electrons. The summed E-state index contributed by atoms with van der Waals surface area (Å²) in [6.07, 6.45) is 3.73. The number of likely N-dealkylation sites (tertiary alicyclic amines) is 1. The number of piperidine rings is 1. The molecule has 1 aliphatic rings. The Hall–Kier alpha value is -0.330. The predicted octanol–water partition coefficient (Wildman–Crippen LogP) is -0.0870. The highest BCUT2D eigenvalue weighted by atomic mass is 127. The van der Waals surface area contributed by atoms with Crippen LogP contribution in [0.4, 0.5) is 5.69 Å². The van der Waals surface area contributed by atoms with E-state index in [1.807, 2.05) is 18.2 Å². The van der Waals surface area contributed by atoms with Crippen LogP contribution < -0.4 is 29.3 Å². The van der Waals surface area contributed by atoms with Crippen LogP contribution in [0.1, 0.15) is 19.3 Å². The van der Waals surface area contributed by atoms with Gasteiger partial charge in [0.15, 0.2) is 6.54 Å². The number of carbonyl (C=O) groups excluding carboxylic acids is 1. The van der Waals surface area contributed by atoms with Crippen molar-refractivity contribution in [3.05, 3.63) is 29.3 Å². The molecule has 0 atom stereocenters. The van der Waals surface area contributed by atoms with E-state index < -0.39 is 0 Å². The van der Waals surface area contributed by atoms with Gasteiger partial charge in [-0.25, -0.2) is 0 Å². The van der Waals surface area contributed by atoms with Crippen LogP contribution in [0.2, 0.25) is 5.02 Å². The second kappa shape index (κ2) is 7.45. The number of quaternary nitrogens is 1. The number of rotatable bonds is 3. The van der Waals surface area contributed by atoms with Gasteiger partial charge in [0, 0.05) is 0 Å². The van der Waals surface area contributed by atoms with Gasteiger partial charge in [0.05, 0.1) is 30.8 Å². The van der Waals surface area contributed by atoms with Crippen molar-refractivity contribution in [3.63, 3.8) is 0 Å². The summed E-state index contributed by atoms with van der Waals surface area (Å²) >= 11 is 6.03. The van der Waals surface area contributed by atoms with E-state index in [9.17, 15) is 4.79 Å². The van der Waals surface area contributed by atoms with Crippen LogP contribution >= 0.6 is 11.6 Å². The van der Waals surface area contributed by atoms with Crippen molar-refractivity contribution in [1.82, 2.24) is 0 Å². The van der Waals surface area contributed by atoms with Crippen LogP contribution in [-0.2, 0) is 4.79 Å². The molecule has 1 aromatic rings. The van der Waals surface area contributed by atoms with E-state index in [0.29, 0.717) is 17.3 Å². The number of benzene rings is 1. The van der Waals surface area contributed by atoms with Gasteiger partial charge in [0.25, 0.3) is 5.91 Å². The molecule has 0 aromatic heterocycles. The topological polar surface area (TPSA) is 29.1 Å². The fourth-order valence-electron chi connectivity index (χ4n) is 2.53. The zero-order valence-electron chi connectivity index (χ0n) is 11.2. The first-order chi connectivity index (χ1) is 8.59. The number of anilines is 1. The zero-order chi connectivity index (χ0) is 13.0. The van der Waals surface area contributed by atoms with Gasteiger partial charge >= 0.3 is 0 Å². The molecule has 0 unspecified atom stereocenters. The standard InChI is InChI=1S/C14H19ClN2O.HI/c1-17(9-5-2-6-10-17)11-14(18)16-13-8-4-3-7-12(13)15;/h3-4,7-8H,2,5-6,9-11H2,1H3;1H. The molecule has 5 heteroatoms. The van der Waals surface area contributed by atoms with Gasteiger partial charge in [-0.05, 0) is 31.4 Å². The van der Waals surface area contributed by atoms with E-state index in [2.05, 4.69) is 12.4 Å². The third-order valence-corrected chi connectivity index (χ3v) is 3.90. The minimum Gasteiger partial charge on any atom is -1.00 e. The van der Waals surface area contributed by atoms with Gasteiger partial charge in [-0.15, -0.1) is 0 Å². The fraction of sp³-hybridized carbons (Fsp3) is 0.500. The second-order valence-corrected chi connectivity index (χ2v) is 5.72. The van der Waals surface area contributed by atoms with Gasteiger partial charge in [0.1, 0.15) is 0 Å². The summed E-state index contributed by atoms with van der Waals surface area (Å²) in [6.45, 7) is 2.72. The number of halogens is 2. The van der Waals surface area contributed by atoms with E-state index in [1.165, 1.54) is 19.3 Å². The summed E-state index contributed by atoms with van der Waals surface area (Å²) in [7, 11) is 2.16. The van der Waals surface area contributed by atoms with Gasteiger partial charge in [0.2, 0.25) is 0 Å². The summed E-state index contributed by atoms with van der Waals surface area (Å²) in [5, 5.41) is 3.49. The number of amides is 1. The van der Waals surface area contributed by atoms with Crippen molar-refractivity contribution < 1.29 is 33.3 Å². The van der Waals surface area contributed by atoms with Crippen LogP contribution in [0.5, 0.6) is 0 Å². The lowest BCUT2D eigenvalue weighted by Gasteiger charge is -2.37. The lowest BCUT2D eigenvalue weighted by atomic mass is 10.1. The average Bonchev–Trinajstić information content (AvgIpc) is 2.32. The molecule has 0 spiro atoms. The van der Waals surface area contributed by atoms with Crippen molar-refractivity contribution in [2.24, 2.45) is 0 Å². The number of para-hydroxylation sites is 1. The predicted molar refractivity (Wildman–Crippen MR) is 74.7 cm³/mol. The maximum absolute atomic E-state index is 12.1. The first kappa shape index (κ1) is 16.7. The quantitative estimate of drug-likeness (QED) is 0.564. The third kappa shape index (κ3) is 4.93. The Bertz CT molecular complexity index is 433. The highest BCUT2D eigenvalue weighted by Gasteiger charge is 2.27. The smallest absolute Gasteiger partial charge is 0.279 e. The molecule has 1 N–H and O–H groups in total. The minimum absolute atomic E-state index is 0. The molecule has 0 aliphatic carbocycles. The van der Waals surface area contributed by atoms with Crippen LogP contribution in [0, 0.1) is 0 Å². The fourth-order valence-corrected chi connectivity index (χ4v) is 2.72. The Morgan fingerprint density at radius 3 is 2.53 bits per heavy atom. The number of nitrogens with zero attached hydrogens (tertiary/aromatic N) is 1. The molecule has 1 amide bonds. The van der Waals surface area contributed by atoms with Crippen molar-refractivity contribution in [2.75, 3.05) is 32.0 Å². The highest BCUT2D eigenvalue weighted by molar-refractivity contribution is 6.33. The maximum Gasteiger partial charge on any atom is 0.279 e. The largest absolute Gasteiger partial charge is 1.00 e. The molecule has 1 fully saturated rings. The van der Waals surface area contributed by atoms with Gasteiger partial charge in [-0.3, -0.25) is 4.79 Å². The SMILES string of the molecule is C[N+]1(CC(=O)Nc2ccccc2Cl)CCCCC1.[I-]. The number of likely N-dealkylation sites (N-methyl/N-ethyl adjacent to an activating group) is 1. The normalized spacial score (nSPS) is 17.4. The van der Waals surface area contributed by atoms with E-state index in [-0.39, 0.29) is 29.9 Å². The lowest BCUT2D eigenvalue weighted by Crippen LogP contribution is -3.00. The van der Waals surface area contributed by atoms with E-state index in [1.54, 1.807) is 6.07 Å². The van der Waals surface area contributed by atoms with Crippen molar-refractivity contribution in [3.8, 4) is 0 Å². The van der Waals surface area contributed by atoms with Crippen LogP contribution in [-0.4, -0.2) is 37.1 Å². The Morgan fingerprint density at radius 1 is 1.26 bits per heavy atom. The van der Waals surface area contributed by atoms with Gasteiger partial charge < -0.3 is 33.8 Å². The lowest BCUT2D eigenvalue weighted by molar-refractivity contribution is -0.906. The number of hydrogen-bond donors (Lipinski definition) is 1. The molecule has 19 heavy (non-hydrogen) atoms. The Labute approximate surface area is 136 Å². The van der Waals surface area contributed by atoms with Crippen LogP contribution in [0.3, 0.4) is 0 Å². The molecule has 1 heterocycles. The summed E-state index contributed by atoms with van der Waals surface area (Å²) in [5.74, 6) is 0.0486.